The molecule has 0 unspecified atom stereocenters. The van der Waals surface area contributed by atoms with Crippen LogP contribution in [0.5, 0.6) is 17.2 Å². The summed E-state index contributed by atoms with van der Waals surface area (Å²) in [5.41, 5.74) is 0.961. The van der Waals surface area contributed by atoms with E-state index < -0.39 is 5.60 Å². The van der Waals surface area contributed by atoms with Crippen molar-refractivity contribution in [3.8, 4) is 17.2 Å². The lowest BCUT2D eigenvalue weighted by molar-refractivity contribution is 0.0620. The van der Waals surface area contributed by atoms with E-state index in [2.05, 4.69) is 5.32 Å². The summed E-state index contributed by atoms with van der Waals surface area (Å²) in [5, 5.41) is 2.84. The molecule has 0 saturated heterocycles. The molecule has 0 saturated carbocycles. The van der Waals surface area contributed by atoms with Crippen molar-refractivity contribution in [2.45, 2.75) is 25.9 Å². The van der Waals surface area contributed by atoms with Crippen molar-refractivity contribution in [1.29, 1.82) is 0 Å². The fourth-order valence-electron chi connectivity index (χ4n) is 3.23. The van der Waals surface area contributed by atoms with Crippen LogP contribution in [0.3, 0.4) is 0 Å². The molecule has 0 aliphatic carbocycles. The Morgan fingerprint density at radius 3 is 2.38 bits per heavy atom. The normalized spacial score (nSPS) is 14.5. The maximum atomic E-state index is 12.6. The number of Topliss-reactive ketones (excluding diaryl/α,β-unsaturated/α-hetero) is 1. The first-order valence-electron chi connectivity index (χ1n) is 9.40. The van der Waals surface area contributed by atoms with Crippen molar-refractivity contribution < 1.29 is 19.1 Å². The predicted molar refractivity (Wildman–Crippen MR) is 111 cm³/mol. The highest BCUT2D eigenvalue weighted by molar-refractivity contribution is 6.07. The van der Waals surface area contributed by atoms with E-state index in [-0.39, 0.29) is 18.1 Å². The summed E-state index contributed by atoms with van der Waals surface area (Å²) >= 11 is 0. The van der Waals surface area contributed by atoms with E-state index >= 15 is 0 Å². The highest BCUT2D eigenvalue weighted by Crippen LogP contribution is 2.33. The minimum absolute atomic E-state index is 0.0201. The van der Waals surface area contributed by atoms with Crippen molar-refractivity contribution in [2.75, 3.05) is 5.32 Å². The quantitative estimate of drug-likeness (QED) is 0.644. The van der Waals surface area contributed by atoms with E-state index in [1.165, 1.54) is 0 Å². The number of carbonyl (C=O) groups is 2. The van der Waals surface area contributed by atoms with Crippen LogP contribution in [0.2, 0.25) is 0 Å². The number of fused-ring (bicyclic) bond motifs is 1. The summed E-state index contributed by atoms with van der Waals surface area (Å²) in [7, 11) is 0. The number of hydrogen-bond acceptors (Lipinski definition) is 4. The summed E-state index contributed by atoms with van der Waals surface area (Å²) in [6, 6.07) is 21.5. The predicted octanol–water partition coefficient (Wildman–Crippen LogP) is 5.48. The Balaban J connectivity index is 1.46. The molecule has 0 bridgehead atoms. The number of anilines is 1. The fraction of sp³-hybridized carbons (Fsp3) is 0.167. The van der Waals surface area contributed by atoms with Gasteiger partial charge in [0.15, 0.2) is 5.78 Å². The Morgan fingerprint density at radius 1 is 0.966 bits per heavy atom. The number of benzene rings is 3. The van der Waals surface area contributed by atoms with E-state index in [1.54, 1.807) is 42.5 Å². The molecule has 0 spiro atoms. The molecule has 1 aliphatic heterocycles. The van der Waals surface area contributed by atoms with Crippen LogP contribution in [-0.2, 0) is 0 Å². The molecule has 4 rings (SSSR count). The van der Waals surface area contributed by atoms with Gasteiger partial charge in [-0.3, -0.25) is 9.59 Å². The number of amides is 1. The van der Waals surface area contributed by atoms with Crippen LogP contribution in [0.4, 0.5) is 5.69 Å². The van der Waals surface area contributed by atoms with E-state index in [4.69, 9.17) is 9.47 Å². The molecular weight excluding hydrogens is 366 g/mol. The molecule has 0 fully saturated rings. The lowest BCUT2D eigenvalue weighted by Crippen LogP contribution is -2.36. The molecule has 5 heteroatoms. The number of carbonyl (C=O) groups excluding carboxylic acids is 2. The van der Waals surface area contributed by atoms with E-state index in [1.807, 2.05) is 44.2 Å². The van der Waals surface area contributed by atoms with E-state index in [0.717, 1.165) is 5.75 Å². The lowest BCUT2D eigenvalue weighted by Gasteiger charge is -2.31. The average Bonchev–Trinajstić information content (AvgIpc) is 2.69. The standard InChI is InChI=1S/C24H21NO4/c1-24(2)15-21(26)20-14-16(8-13-22(20)29-24)23(27)25-17-9-11-19(12-10-17)28-18-6-4-3-5-7-18/h3-14H,15H2,1-2H3,(H,25,27). The van der Waals surface area contributed by atoms with Gasteiger partial charge < -0.3 is 14.8 Å². The van der Waals surface area contributed by atoms with Gasteiger partial charge in [-0.2, -0.15) is 0 Å². The minimum atomic E-state index is -0.530. The Hall–Kier alpha value is -3.60. The van der Waals surface area contributed by atoms with Crippen molar-refractivity contribution in [1.82, 2.24) is 0 Å². The third kappa shape index (κ3) is 4.29. The molecule has 3 aromatic carbocycles. The highest BCUT2D eigenvalue weighted by atomic mass is 16.5. The summed E-state index contributed by atoms with van der Waals surface area (Å²) in [6.07, 6.45) is 0.286. The van der Waals surface area contributed by atoms with Crippen LogP contribution in [0.15, 0.2) is 72.8 Å². The molecule has 0 aromatic heterocycles. The molecule has 1 N–H and O–H groups in total. The molecule has 0 radical (unpaired) electrons. The van der Waals surface area contributed by atoms with Crippen LogP contribution in [0.1, 0.15) is 41.0 Å². The zero-order valence-electron chi connectivity index (χ0n) is 16.3. The second-order valence-corrected chi connectivity index (χ2v) is 7.57. The van der Waals surface area contributed by atoms with Crippen molar-refractivity contribution >= 4 is 17.4 Å². The Labute approximate surface area is 169 Å². The Bertz CT molecular complexity index is 1060. The van der Waals surface area contributed by atoms with Gasteiger partial charge in [-0.1, -0.05) is 18.2 Å². The maximum absolute atomic E-state index is 12.6. The van der Waals surface area contributed by atoms with Gasteiger partial charge in [-0.05, 0) is 68.4 Å². The Morgan fingerprint density at radius 2 is 1.66 bits per heavy atom. The molecule has 29 heavy (non-hydrogen) atoms. The third-order valence-electron chi connectivity index (χ3n) is 4.61. The molecule has 5 nitrogen and oxygen atoms in total. The van der Waals surface area contributed by atoms with Gasteiger partial charge >= 0.3 is 0 Å². The smallest absolute Gasteiger partial charge is 0.255 e. The monoisotopic (exact) mass is 387 g/mol. The number of rotatable bonds is 4. The number of ketones is 1. The van der Waals surface area contributed by atoms with Crippen molar-refractivity contribution in [3.05, 3.63) is 83.9 Å². The lowest BCUT2D eigenvalue weighted by atomic mass is 9.92. The first-order valence-corrected chi connectivity index (χ1v) is 9.40. The fourth-order valence-corrected chi connectivity index (χ4v) is 3.23. The van der Waals surface area contributed by atoms with Crippen LogP contribution >= 0.6 is 0 Å². The van der Waals surface area contributed by atoms with Gasteiger partial charge in [-0.25, -0.2) is 0 Å². The SMILES string of the molecule is CC1(C)CC(=O)c2cc(C(=O)Nc3ccc(Oc4ccccc4)cc3)ccc2O1. The zero-order chi connectivity index (χ0) is 20.4. The summed E-state index contributed by atoms with van der Waals surface area (Å²) < 4.78 is 11.6. The number of hydrogen-bond donors (Lipinski definition) is 1. The first kappa shape index (κ1) is 18.7. The average molecular weight is 387 g/mol. The van der Waals surface area contributed by atoms with Gasteiger partial charge in [0.2, 0.25) is 0 Å². The van der Waals surface area contributed by atoms with Crippen molar-refractivity contribution in [3.63, 3.8) is 0 Å². The van der Waals surface area contributed by atoms with E-state index in [9.17, 15) is 9.59 Å². The second-order valence-electron chi connectivity index (χ2n) is 7.57. The topological polar surface area (TPSA) is 64.6 Å². The summed E-state index contributed by atoms with van der Waals surface area (Å²) in [6.45, 7) is 3.75. The Kier molecular flexibility index (Phi) is 4.80. The van der Waals surface area contributed by atoms with Gasteiger partial charge in [0.05, 0.1) is 12.0 Å². The zero-order valence-corrected chi connectivity index (χ0v) is 16.3. The van der Waals surface area contributed by atoms with Crippen LogP contribution in [-0.4, -0.2) is 17.3 Å². The number of nitrogens with one attached hydrogen (secondary N) is 1. The maximum Gasteiger partial charge on any atom is 0.255 e. The number of para-hydroxylation sites is 1. The molecule has 146 valence electrons. The van der Waals surface area contributed by atoms with Gasteiger partial charge in [0.1, 0.15) is 22.8 Å². The van der Waals surface area contributed by atoms with Gasteiger partial charge in [0, 0.05) is 11.3 Å². The molecule has 1 aliphatic rings. The minimum Gasteiger partial charge on any atom is -0.487 e. The molecule has 1 heterocycles. The van der Waals surface area contributed by atoms with Crippen LogP contribution in [0, 0.1) is 0 Å². The molecule has 1 amide bonds. The van der Waals surface area contributed by atoms with Gasteiger partial charge in [-0.15, -0.1) is 0 Å². The largest absolute Gasteiger partial charge is 0.487 e. The van der Waals surface area contributed by atoms with Gasteiger partial charge in [0.25, 0.3) is 5.91 Å². The van der Waals surface area contributed by atoms with E-state index in [0.29, 0.717) is 28.3 Å². The molecule has 0 atom stereocenters. The summed E-state index contributed by atoms with van der Waals surface area (Å²) in [4.78, 5) is 25.0. The first-order chi connectivity index (χ1) is 13.9. The molecular formula is C24H21NO4. The third-order valence-corrected chi connectivity index (χ3v) is 4.61. The van der Waals surface area contributed by atoms with Crippen molar-refractivity contribution in [2.24, 2.45) is 0 Å². The highest BCUT2D eigenvalue weighted by Gasteiger charge is 2.32. The second kappa shape index (κ2) is 7.43. The molecule has 3 aromatic rings. The number of ether oxygens (including phenoxy) is 2. The van der Waals surface area contributed by atoms with Crippen LogP contribution < -0.4 is 14.8 Å². The summed E-state index contributed by atoms with van der Waals surface area (Å²) in [5.74, 6) is 1.63. The van der Waals surface area contributed by atoms with Crippen LogP contribution in [0.25, 0.3) is 0 Å².